The van der Waals surface area contributed by atoms with Crippen molar-refractivity contribution in [3.05, 3.63) is 47.8 Å². The van der Waals surface area contributed by atoms with Crippen molar-refractivity contribution in [1.82, 2.24) is 14.7 Å². The molecule has 2 heterocycles. The van der Waals surface area contributed by atoms with Gasteiger partial charge in [0, 0.05) is 10.5 Å². The number of aromatic nitrogens is 2. The third kappa shape index (κ3) is 4.46. The fourth-order valence-electron chi connectivity index (χ4n) is 4.43. The van der Waals surface area contributed by atoms with E-state index in [0.717, 1.165) is 29.7 Å². The lowest BCUT2D eigenvalue weighted by Crippen LogP contribution is -2.53. The molecule has 1 saturated carbocycles. The van der Waals surface area contributed by atoms with Gasteiger partial charge in [0.15, 0.2) is 0 Å². The number of rotatable bonds is 6. The number of amides is 1. The smallest absolute Gasteiger partial charge is 0.405 e. The Morgan fingerprint density at radius 3 is 2.73 bits per heavy atom. The maximum atomic E-state index is 11.4. The third-order valence-electron chi connectivity index (χ3n) is 6.02. The van der Waals surface area contributed by atoms with Crippen molar-refractivity contribution in [2.24, 2.45) is 0 Å². The number of ether oxygens (including phenoxy) is 1. The van der Waals surface area contributed by atoms with Crippen LogP contribution in [0.2, 0.25) is 0 Å². The summed E-state index contributed by atoms with van der Waals surface area (Å²) in [6.45, 7) is 0.141. The number of imidazole rings is 1. The summed E-state index contributed by atoms with van der Waals surface area (Å²) in [5, 5.41) is 31.4. The Hall–Kier alpha value is -3.69. The van der Waals surface area contributed by atoms with E-state index in [1.54, 1.807) is 28.8 Å². The van der Waals surface area contributed by atoms with E-state index in [2.05, 4.69) is 22.4 Å². The van der Waals surface area contributed by atoms with Gasteiger partial charge < -0.3 is 15.2 Å². The monoisotopic (exact) mass is 461 g/mol. The molecule has 1 amide bonds. The molecule has 1 aliphatic rings. The Morgan fingerprint density at radius 1 is 1.27 bits per heavy atom. The van der Waals surface area contributed by atoms with Crippen molar-refractivity contribution in [2.75, 3.05) is 12.9 Å². The van der Waals surface area contributed by atoms with Crippen molar-refractivity contribution in [1.29, 1.82) is 10.5 Å². The van der Waals surface area contributed by atoms with Crippen LogP contribution in [0.5, 0.6) is 5.75 Å². The van der Waals surface area contributed by atoms with E-state index in [4.69, 9.17) is 4.74 Å². The van der Waals surface area contributed by atoms with E-state index in [1.165, 1.54) is 11.8 Å². The topological polar surface area (TPSA) is 123 Å². The lowest BCUT2D eigenvalue weighted by Gasteiger charge is -2.36. The van der Waals surface area contributed by atoms with Crippen LogP contribution in [0.25, 0.3) is 16.9 Å². The molecule has 0 saturated heterocycles. The highest BCUT2D eigenvalue weighted by Gasteiger charge is 2.35. The number of thioether (sulfide) groups is 1. The number of nitriles is 2. The Bertz CT molecular complexity index is 1280. The third-order valence-corrected chi connectivity index (χ3v) is 6.79. The van der Waals surface area contributed by atoms with Crippen molar-refractivity contribution >= 4 is 23.5 Å². The summed E-state index contributed by atoms with van der Waals surface area (Å²) in [5.74, 6) is 0.390. The largest absolute Gasteiger partial charge is 0.490 e. The number of nitrogens with zero attached hydrogens (tertiary/aromatic N) is 4. The van der Waals surface area contributed by atoms with E-state index in [0.29, 0.717) is 41.2 Å². The summed E-state index contributed by atoms with van der Waals surface area (Å²) in [6.07, 6.45) is 6.79. The second kappa shape index (κ2) is 9.43. The second-order valence-electron chi connectivity index (χ2n) is 8.08. The molecule has 0 bridgehead atoms. The standard InChI is InChI=1S/C24H23N5O3S/c1-33-21-11-16(19-14-27-22-7-5-6-17(12-25)29(19)22)10-20(18(21)13-26)32-15-24(28-23(30)31)8-3-2-4-9-24/h5-7,10-11,14,28H,2-4,8-9,15H2,1H3,(H,30,31). The Balaban J connectivity index is 1.77. The van der Waals surface area contributed by atoms with Gasteiger partial charge >= 0.3 is 6.09 Å². The van der Waals surface area contributed by atoms with E-state index >= 15 is 0 Å². The first kappa shape index (κ1) is 22.5. The fourth-order valence-corrected chi connectivity index (χ4v) is 5.02. The molecule has 8 nitrogen and oxygen atoms in total. The highest BCUT2D eigenvalue weighted by atomic mass is 32.2. The first-order valence-electron chi connectivity index (χ1n) is 10.6. The minimum atomic E-state index is -1.07. The lowest BCUT2D eigenvalue weighted by atomic mass is 9.82. The molecule has 0 aliphatic heterocycles. The molecule has 0 spiro atoms. The summed E-state index contributed by atoms with van der Waals surface area (Å²) in [6, 6.07) is 13.4. The number of nitrogens with one attached hydrogen (secondary N) is 1. The Labute approximate surface area is 195 Å². The molecule has 1 aromatic carbocycles. The van der Waals surface area contributed by atoms with E-state index in [-0.39, 0.29) is 6.61 Å². The zero-order valence-electron chi connectivity index (χ0n) is 18.2. The molecule has 3 aromatic rings. The molecule has 0 radical (unpaired) electrons. The van der Waals surface area contributed by atoms with Crippen LogP contribution in [0, 0.1) is 22.7 Å². The highest BCUT2D eigenvalue weighted by Crippen LogP contribution is 2.37. The summed E-state index contributed by atoms with van der Waals surface area (Å²) in [7, 11) is 0. The molecular formula is C24H23N5O3S. The molecular weight excluding hydrogens is 438 g/mol. The number of hydrogen-bond acceptors (Lipinski definition) is 6. The first-order chi connectivity index (χ1) is 16.0. The lowest BCUT2D eigenvalue weighted by molar-refractivity contribution is 0.121. The molecule has 2 N–H and O–H groups in total. The Morgan fingerprint density at radius 2 is 2.06 bits per heavy atom. The van der Waals surface area contributed by atoms with E-state index in [1.807, 2.05) is 18.4 Å². The zero-order valence-corrected chi connectivity index (χ0v) is 19.0. The molecule has 2 aromatic heterocycles. The average Bonchev–Trinajstić information content (AvgIpc) is 3.26. The predicted octanol–water partition coefficient (Wildman–Crippen LogP) is 4.82. The van der Waals surface area contributed by atoms with Crippen LogP contribution in [-0.4, -0.2) is 39.0 Å². The van der Waals surface area contributed by atoms with Gasteiger partial charge in [-0.15, -0.1) is 11.8 Å². The molecule has 0 atom stereocenters. The van der Waals surface area contributed by atoms with Crippen LogP contribution in [0.1, 0.15) is 43.4 Å². The Kier molecular flexibility index (Phi) is 6.43. The van der Waals surface area contributed by atoms with Crippen LogP contribution in [0.4, 0.5) is 4.79 Å². The van der Waals surface area contributed by atoms with Crippen LogP contribution in [0.15, 0.2) is 41.4 Å². The van der Waals surface area contributed by atoms with E-state index in [9.17, 15) is 20.4 Å². The van der Waals surface area contributed by atoms with Gasteiger partial charge in [-0.1, -0.05) is 25.3 Å². The van der Waals surface area contributed by atoms with Gasteiger partial charge in [-0.25, -0.2) is 9.78 Å². The molecule has 4 rings (SSSR count). The van der Waals surface area contributed by atoms with Crippen LogP contribution in [0.3, 0.4) is 0 Å². The summed E-state index contributed by atoms with van der Waals surface area (Å²) in [4.78, 5) is 16.6. The molecule has 0 unspecified atom stereocenters. The molecule has 1 aliphatic carbocycles. The summed E-state index contributed by atoms with van der Waals surface area (Å²) >= 11 is 1.43. The van der Waals surface area contributed by atoms with Crippen LogP contribution in [-0.2, 0) is 0 Å². The SMILES string of the molecule is CSc1cc(-c2cnc3cccc(C#N)n23)cc(OCC2(NC(=O)O)CCCCC2)c1C#N. The fraction of sp³-hybridized carbons (Fsp3) is 0.333. The summed E-state index contributed by atoms with van der Waals surface area (Å²) in [5.41, 5.74) is 2.29. The predicted molar refractivity (Wildman–Crippen MR) is 124 cm³/mol. The molecule has 1 fully saturated rings. The van der Waals surface area contributed by atoms with Gasteiger partial charge in [0.25, 0.3) is 0 Å². The van der Waals surface area contributed by atoms with Crippen molar-refractivity contribution in [2.45, 2.75) is 42.5 Å². The van der Waals surface area contributed by atoms with Gasteiger partial charge in [-0.05, 0) is 43.4 Å². The van der Waals surface area contributed by atoms with Gasteiger partial charge in [0.2, 0.25) is 0 Å². The number of carboxylic acid groups (broad SMARTS) is 1. The van der Waals surface area contributed by atoms with Crippen molar-refractivity contribution < 1.29 is 14.6 Å². The maximum absolute atomic E-state index is 11.4. The quantitative estimate of drug-likeness (QED) is 0.505. The summed E-state index contributed by atoms with van der Waals surface area (Å²) < 4.78 is 7.93. The number of fused-ring (bicyclic) bond motifs is 1. The molecule has 9 heteroatoms. The maximum Gasteiger partial charge on any atom is 0.405 e. The zero-order chi connectivity index (χ0) is 23.4. The van der Waals surface area contributed by atoms with Crippen LogP contribution >= 0.6 is 11.8 Å². The van der Waals surface area contributed by atoms with Gasteiger partial charge in [-0.2, -0.15) is 10.5 Å². The molecule has 33 heavy (non-hydrogen) atoms. The van der Waals surface area contributed by atoms with Gasteiger partial charge in [0.1, 0.15) is 41.4 Å². The number of benzene rings is 1. The second-order valence-corrected chi connectivity index (χ2v) is 8.93. The van der Waals surface area contributed by atoms with Gasteiger partial charge in [0.05, 0.1) is 17.4 Å². The average molecular weight is 462 g/mol. The highest BCUT2D eigenvalue weighted by molar-refractivity contribution is 7.98. The normalized spacial score (nSPS) is 14.9. The van der Waals surface area contributed by atoms with Crippen molar-refractivity contribution in [3.63, 3.8) is 0 Å². The number of hydrogen-bond donors (Lipinski definition) is 2. The number of pyridine rings is 1. The number of carbonyl (C=O) groups is 1. The van der Waals surface area contributed by atoms with Crippen LogP contribution < -0.4 is 10.1 Å². The van der Waals surface area contributed by atoms with Gasteiger partial charge in [-0.3, -0.25) is 4.40 Å². The first-order valence-corrected chi connectivity index (χ1v) is 11.9. The van der Waals surface area contributed by atoms with Crippen molar-refractivity contribution in [3.8, 4) is 29.1 Å². The van der Waals surface area contributed by atoms with E-state index < -0.39 is 11.6 Å². The molecule has 168 valence electrons. The minimum absolute atomic E-state index is 0.141. The minimum Gasteiger partial charge on any atom is -0.490 e.